The van der Waals surface area contributed by atoms with Crippen molar-refractivity contribution in [2.75, 3.05) is 7.11 Å². The third-order valence-corrected chi connectivity index (χ3v) is 5.57. The third kappa shape index (κ3) is 5.12. The highest BCUT2D eigenvalue weighted by atomic mass is 19.4. The van der Waals surface area contributed by atoms with Gasteiger partial charge in [0.05, 0.1) is 29.9 Å². The van der Waals surface area contributed by atoms with Crippen molar-refractivity contribution >= 4 is 0 Å². The average molecular weight is 519 g/mol. The number of benzene rings is 2. The smallest absolute Gasteiger partial charge is 0.494 e. The van der Waals surface area contributed by atoms with E-state index in [2.05, 4.69) is 19.9 Å². The zero-order chi connectivity index (χ0) is 26.9. The van der Waals surface area contributed by atoms with Gasteiger partial charge in [0, 0.05) is 30.1 Å². The van der Waals surface area contributed by atoms with Gasteiger partial charge in [-0.05, 0) is 49.4 Å². The van der Waals surface area contributed by atoms with Crippen LogP contribution in [0.1, 0.15) is 5.69 Å². The number of alkyl halides is 3. The number of ether oxygens (including phenoxy) is 2. The largest absolute Gasteiger partial charge is 0.573 e. The van der Waals surface area contributed by atoms with E-state index in [0.717, 1.165) is 11.3 Å². The first-order valence-electron chi connectivity index (χ1n) is 11.3. The van der Waals surface area contributed by atoms with Crippen LogP contribution in [0.4, 0.5) is 13.2 Å². The van der Waals surface area contributed by atoms with Crippen LogP contribution in [0.5, 0.6) is 11.5 Å². The number of pyridine rings is 1. The normalized spacial score (nSPS) is 11.4. The molecule has 0 unspecified atom stereocenters. The van der Waals surface area contributed by atoms with Gasteiger partial charge in [-0.25, -0.2) is 9.36 Å². The molecule has 11 heteroatoms. The molecule has 0 aliphatic rings. The zero-order valence-corrected chi connectivity index (χ0v) is 20.2. The highest BCUT2D eigenvalue weighted by Crippen LogP contribution is 2.30. The summed E-state index contributed by atoms with van der Waals surface area (Å²) in [5, 5.41) is 8.92. The van der Waals surface area contributed by atoms with Crippen molar-refractivity contribution in [3.8, 4) is 45.5 Å². The molecule has 3 aromatic heterocycles. The Labute approximate surface area is 214 Å². The fraction of sp³-hybridized carbons (Fsp3) is 0.111. The van der Waals surface area contributed by atoms with Gasteiger partial charge in [0.1, 0.15) is 17.2 Å². The van der Waals surface area contributed by atoms with Gasteiger partial charge in [0.15, 0.2) is 5.69 Å². The van der Waals surface area contributed by atoms with Crippen molar-refractivity contribution in [3.05, 3.63) is 101 Å². The third-order valence-electron chi connectivity index (χ3n) is 5.57. The van der Waals surface area contributed by atoms with Crippen molar-refractivity contribution in [1.82, 2.24) is 24.5 Å². The minimum atomic E-state index is -4.85. The van der Waals surface area contributed by atoms with Crippen molar-refractivity contribution in [3.63, 3.8) is 0 Å². The van der Waals surface area contributed by atoms with Crippen molar-refractivity contribution < 1.29 is 22.6 Å². The lowest BCUT2D eigenvalue weighted by molar-refractivity contribution is -0.274. The molecular formula is C27H20F3N5O3. The van der Waals surface area contributed by atoms with Gasteiger partial charge in [-0.15, -0.1) is 13.2 Å². The number of aryl methyl sites for hydroxylation is 1. The van der Waals surface area contributed by atoms with Crippen LogP contribution in [-0.2, 0) is 0 Å². The minimum absolute atomic E-state index is 0.0473. The van der Waals surface area contributed by atoms with Gasteiger partial charge in [0.25, 0.3) is 0 Å². The number of methoxy groups -OCH3 is 1. The maximum absolute atomic E-state index is 12.9. The average Bonchev–Trinajstić information content (AvgIpc) is 3.29. The maximum atomic E-state index is 12.9. The lowest BCUT2D eigenvalue weighted by Crippen LogP contribution is -2.17. The van der Waals surface area contributed by atoms with Crippen molar-refractivity contribution in [2.45, 2.75) is 13.3 Å². The molecule has 0 fully saturated rings. The van der Waals surface area contributed by atoms with Crippen LogP contribution in [-0.4, -0.2) is 38.0 Å². The topological polar surface area (TPSA) is 84.1 Å². The standard InChI is InChI=1S/C27H20F3N5O3/c1-17-14-23(35(32-17)19-6-5-7-20(16-19)38-27(28,29)30)26-24(36)11-13-34(33-26)22-10-9-18(15-25(22)37-2)21-8-3-4-12-31-21/h3-16H,1-2H3. The fourth-order valence-electron chi connectivity index (χ4n) is 3.96. The van der Waals surface area contributed by atoms with Crippen LogP contribution in [0, 0.1) is 6.92 Å². The second kappa shape index (κ2) is 9.85. The molecule has 0 N–H and O–H groups in total. The van der Waals surface area contributed by atoms with Crippen LogP contribution >= 0.6 is 0 Å². The first-order valence-corrected chi connectivity index (χ1v) is 11.3. The van der Waals surface area contributed by atoms with Crippen LogP contribution in [0.25, 0.3) is 34.0 Å². The Morgan fingerprint density at radius 1 is 0.921 bits per heavy atom. The van der Waals surface area contributed by atoms with Crippen molar-refractivity contribution in [1.29, 1.82) is 0 Å². The summed E-state index contributed by atoms with van der Waals surface area (Å²) in [5.41, 5.74) is 2.93. The van der Waals surface area contributed by atoms with Crippen LogP contribution < -0.4 is 14.9 Å². The van der Waals surface area contributed by atoms with Gasteiger partial charge in [-0.1, -0.05) is 18.2 Å². The Bertz CT molecular complexity index is 1660. The van der Waals surface area contributed by atoms with E-state index < -0.39 is 17.5 Å². The van der Waals surface area contributed by atoms with E-state index in [1.54, 1.807) is 31.3 Å². The van der Waals surface area contributed by atoms with E-state index in [1.807, 2.05) is 30.3 Å². The van der Waals surface area contributed by atoms with Gasteiger partial charge in [-0.2, -0.15) is 10.2 Å². The summed E-state index contributed by atoms with van der Waals surface area (Å²) in [4.78, 5) is 17.3. The second-order valence-electron chi connectivity index (χ2n) is 8.20. The van der Waals surface area contributed by atoms with E-state index in [9.17, 15) is 18.0 Å². The summed E-state index contributed by atoms with van der Waals surface area (Å²) in [5.74, 6) is 0.0854. The second-order valence-corrected chi connectivity index (χ2v) is 8.20. The quantitative estimate of drug-likeness (QED) is 0.300. The highest BCUT2D eigenvalue weighted by molar-refractivity contribution is 5.65. The highest BCUT2D eigenvalue weighted by Gasteiger charge is 2.31. The molecule has 2 aromatic carbocycles. The monoisotopic (exact) mass is 519 g/mol. The summed E-state index contributed by atoms with van der Waals surface area (Å²) in [6.07, 6.45) is -1.64. The lowest BCUT2D eigenvalue weighted by atomic mass is 10.1. The van der Waals surface area contributed by atoms with E-state index in [4.69, 9.17) is 4.74 Å². The Morgan fingerprint density at radius 3 is 2.50 bits per heavy atom. The van der Waals surface area contributed by atoms with E-state index in [-0.39, 0.29) is 11.4 Å². The van der Waals surface area contributed by atoms with Gasteiger partial charge in [0.2, 0.25) is 5.43 Å². The molecule has 0 bridgehead atoms. The lowest BCUT2D eigenvalue weighted by Gasteiger charge is -2.14. The fourth-order valence-corrected chi connectivity index (χ4v) is 3.96. The number of hydrogen-bond acceptors (Lipinski definition) is 6. The summed E-state index contributed by atoms with van der Waals surface area (Å²) < 4.78 is 50.7. The molecule has 0 aliphatic heterocycles. The van der Waals surface area contributed by atoms with Gasteiger partial charge in [-0.3, -0.25) is 9.78 Å². The molecular weight excluding hydrogens is 499 g/mol. The number of rotatable bonds is 6. The Kier molecular flexibility index (Phi) is 6.41. The number of nitrogens with zero attached hydrogens (tertiary/aromatic N) is 5. The van der Waals surface area contributed by atoms with E-state index in [1.165, 1.54) is 46.9 Å². The molecule has 0 aliphatic carbocycles. The molecule has 192 valence electrons. The predicted octanol–water partition coefficient (Wildman–Crippen LogP) is 5.36. The molecule has 3 heterocycles. The molecule has 5 aromatic rings. The minimum Gasteiger partial charge on any atom is -0.494 e. The van der Waals surface area contributed by atoms with E-state index >= 15 is 0 Å². The van der Waals surface area contributed by atoms with Crippen LogP contribution in [0.15, 0.2) is 90.0 Å². The van der Waals surface area contributed by atoms with Crippen molar-refractivity contribution in [2.24, 2.45) is 0 Å². The van der Waals surface area contributed by atoms with E-state index in [0.29, 0.717) is 22.8 Å². The maximum Gasteiger partial charge on any atom is 0.573 e. The molecule has 8 nitrogen and oxygen atoms in total. The Balaban J connectivity index is 1.58. The number of halogens is 3. The number of aromatic nitrogens is 5. The molecule has 5 rings (SSSR count). The first kappa shape index (κ1) is 24.8. The SMILES string of the molecule is COc1cc(-c2ccccn2)ccc1-n1ccc(=O)c(-c2cc(C)nn2-c2cccc(OC(F)(F)F)c2)n1. The zero-order valence-electron chi connectivity index (χ0n) is 20.2. The summed E-state index contributed by atoms with van der Waals surface area (Å²) >= 11 is 0. The van der Waals surface area contributed by atoms with Crippen LogP contribution in [0.2, 0.25) is 0 Å². The molecule has 0 saturated carbocycles. The molecule has 38 heavy (non-hydrogen) atoms. The Hall–Kier alpha value is -4.93. The predicted molar refractivity (Wildman–Crippen MR) is 134 cm³/mol. The summed E-state index contributed by atoms with van der Waals surface area (Å²) in [6, 6.07) is 19.4. The first-order chi connectivity index (χ1) is 18.2. The summed E-state index contributed by atoms with van der Waals surface area (Å²) in [7, 11) is 1.53. The van der Waals surface area contributed by atoms with Crippen LogP contribution in [0.3, 0.4) is 0 Å². The number of hydrogen-bond donors (Lipinski definition) is 0. The molecule has 0 radical (unpaired) electrons. The summed E-state index contributed by atoms with van der Waals surface area (Å²) in [6.45, 7) is 1.71. The Morgan fingerprint density at radius 2 is 1.76 bits per heavy atom. The molecule has 0 atom stereocenters. The molecule has 0 amide bonds. The molecule has 0 saturated heterocycles. The van der Waals surface area contributed by atoms with Gasteiger partial charge >= 0.3 is 6.36 Å². The molecule has 0 spiro atoms. The van der Waals surface area contributed by atoms with Gasteiger partial charge < -0.3 is 9.47 Å².